The highest BCUT2D eigenvalue weighted by Gasteiger charge is 2.48. The molecule has 0 aliphatic heterocycles. The molecule has 0 bridgehead atoms. The Kier molecular flexibility index (Phi) is 1.96. The van der Waals surface area contributed by atoms with Gasteiger partial charge in [-0.25, -0.2) is 0 Å². The molecule has 0 aromatic heterocycles. The predicted molar refractivity (Wildman–Crippen MR) is 59.1 cm³/mol. The summed E-state index contributed by atoms with van der Waals surface area (Å²) in [5, 5.41) is 3.83. The smallest absolute Gasteiger partial charge is 0.00981 e. The van der Waals surface area contributed by atoms with Crippen LogP contribution in [0.25, 0.3) is 0 Å². The Morgan fingerprint density at radius 3 is 2.79 bits per heavy atom. The molecule has 0 radical (unpaired) electrons. The van der Waals surface area contributed by atoms with Crippen molar-refractivity contribution in [3.8, 4) is 0 Å². The molecule has 0 amide bonds. The summed E-state index contributed by atoms with van der Waals surface area (Å²) in [4.78, 5) is 0. The van der Waals surface area contributed by atoms with Crippen molar-refractivity contribution in [1.82, 2.24) is 5.32 Å². The largest absolute Gasteiger partial charge is 0.313 e. The second-order valence-corrected chi connectivity index (χ2v) is 6.49. The highest BCUT2D eigenvalue weighted by Crippen LogP contribution is 2.52. The Labute approximate surface area is 87.7 Å². The van der Waals surface area contributed by atoms with Crippen LogP contribution in [0.3, 0.4) is 0 Å². The molecule has 3 aliphatic carbocycles. The second-order valence-electron chi connectivity index (χ2n) is 6.49. The van der Waals surface area contributed by atoms with E-state index in [-0.39, 0.29) is 0 Å². The van der Waals surface area contributed by atoms with Gasteiger partial charge in [0.1, 0.15) is 0 Å². The lowest BCUT2D eigenvalue weighted by molar-refractivity contribution is 0.342. The van der Waals surface area contributed by atoms with E-state index in [1.807, 2.05) is 0 Å². The standard InChI is InChI=1S/C13H23N/c1-13(2)7-10(13)8-14-12-5-3-4-9-6-11(9)12/h9-12,14H,3-8H2,1-2H3. The molecule has 1 nitrogen and oxygen atoms in total. The van der Waals surface area contributed by atoms with Gasteiger partial charge in [0.25, 0.3) is 0 Å². The maximum atomic E-state index is 3.83. The van der Waals surface area contributed by atoms with Crippen molar-refractivity contribution >= 4 is 0 Å². The van der Waals surface area contributed by atoms with Crippen molar-refractivity contribution in [3.63, 3.8) is 0 Å². The molecule has 3 rings (SSSR count). The molecule has 3 aliphatic rings. The molecule has 4 unspecified atom stereocenters. The molecule has 1 heteroatoms. The summed E-state index contributed by atoms with van der Waals surface area (Å²) < 4.78 is 0. The Hall–Kier alpha value is -0.0400. The van der Waals surface area contributed by atoms with Crippen LogP contribution >= 0.6 is 0 Å². The van der Waals surface area contributed by atoms with Crippen LogP contribution in [0.15, 0.2) is 0 Å². The Bertz CT molecular complexity index is 233. The lowest BCUT2D eigenvalue weighted by Crippen LogP contribution is -2.35. The minimum absolute atomic E-state index is 0.657. The molecule has 80 valence electrons. The van der Waals surface area contributed by atoms with Crippen molar-refractivity contribution in [2.24, 2.45) is 23.2 Å². The van der Waals surface area contributed by atoms with Crippen LogP contribution in [0.4, 0.5) is 0 Å². The molecule has 0 heterocycles. The van der Waals surface area contributed by atoms with Gasteiger partial charge >= 0.3 is 0 Å². The van der Waals surface area contributed by atoms with Crippen molar-refractivity contribution in [3.05, 3.63) is 0 Å². The van der Waals surface area contributed by atoms with Gasteiger partial charge in [0.05, 0.1) is 0 Å². The average Bonchev–Trinajstić information content (AvgIpc) is 2.98. The van der Waals surface area contributed by atoms with Gasteiger partial charge in [-0.05, 0) is 49.0 Å². The number of hydrogen-bond acceptors (Lipinski definition) is 1. The van der Waals surface area contributed by atoms with Crippen molar-refractivity contribution in [2.45, 2.75) is 52.0 Å². The fourth-order valence-corrected chi connectivity index (χ4v) is 3.38. The molecule has 3 saturated carbocycles. The van der Waals surface area contributed by atoms with Gasteiger partial charge in [-0.2, -0.15) is 0 Å². The zero-order chi connectivity index (χ0) is 9.76. The topological polar surface area (TPSA) is 12.0 Å². The minimum Gasteiger partial charge on any atom is -0.313 e. The molecule has 0 aromatic rings. The summed E-state index contributed by atoms with van der Waals surface area (Å²) in [7, 11) is 0. The normalized spacial score (nSPS) is 48.4. The molecular formula is C13H23N. The number of nitrogens with one attached hydrogen (secondary N) is 1. The first-order chi connectivity index (χ1) is 6.67. The van der Waals surface area contributed by atoms with Crippen LogP contribution in [0.2, 0.25) is 0 Å². The highest BCUT2D eigenvalue weighted by molar-refractivity contribution is 5.01. The maximum absolute atomic E-state index is 3.83. The first-order valence-corrected chi connectivity index (χ1v) is 6.40. The van der Waals surface area contributed by atoms with E-state index in [1.54, 1.807) is 0 Å². The first kappa shape index (κ1) is 9.21. The average molecular weight is 193 g/mol. The van der Waals surface area contributed by atoms with Crippen molar-refractivity contribution < 1.29 is 0 Å². The molecule has 0 aromatic carbocycles. The van der Waals surface area contributed by atoms with E-state index in [0.717, 1.165) is 23.8 Å². The van der Waals surface area contributed by atoms with Gasteiger partial charge in [-0.1, -0.05) is 26.7 Å². The van der Waals surface area contributed by atoms with E-state index >= 15 is 0 Å². The van der Waals surface area contributed by atoms with E-state index in [9.17, 15) is 0 Å². The van der Waals surface area contributed by atoms with Gasteiger partial charge in [0.15, 0.2) is 0 Å². The van der Waals surface area contributed by atoms with Gasteiger partial charge in [0, 0.05) is 6.04 Å². The number of rotatable bonds is 3. The monoisotopic (exact) mass is 193 g/mol. The Morgan fingerprint density at radius 2 is 2.07 bits per heavy atom. The zero-order valence-corrected chi connectivity index (χ0v) is 9.55. The van der Waals surface area contributed by atoms with E-state index in [0.29, 0.717) is 5.41 Å². The van der Waals surface area contributed by atoms with E-state index in [2.05, 4.69) is 19.2 Å². The van der Waals surface area contributed by atoms with E-state index in [4.69, 9.17) is 0 Å². The van der Waals surface area contributed by atoms with Crippen LogP contribution in [0.5, 0.6) is 0 Å². The van der Waals surface area contributed by atoms with Gasteiger partial charge < -0.3 is 5.32 Å². The van der Waals surface area contributed by atoms with Crippen LogP contribution in [-0.4, -0.2) is 12.6 Å². The molecule has 0 saturated heterocycles. The van der Waals surface area contributed by atoms with Gasteiger partial charge in [-0.15, -0.1) is 0 Å². The summed E-state index contributed by atoms with van der Waals surface area (Å²) in [6, 6.07) is 0.894. The number of hydrogen-bond donors (Lipinski definition) is 1. The molecule has 1 N–H and O–H groups in total. The summed E-state index contributed by atoms with van der Waals surface area (Å²) in [5.74, 6) is 3.17. The maximum Gasteiger partial charge on any atom is 0.00981 e. The van der Waals surface area contributed by atoms with Crippen LogP contribution in [0.1, 0.15) is 46.0 Å². The summed E-state index contributed by atoms with van der Waals surface area (Å²) in [6.45, 7) is 6.10. The van der Waals surface area contributed by atoms with Crippen molar-refractivity contribution in [2.75, 3.05) is 6.54 Å². The molecule has 3 fully saturated rings. The summed E-state index contributed by atoms with van der Waals surface area (Å²) >= 11 is 0. The first-order valence-electron chi connectivity index (χ1n) is 6.40. The molecular weight excluding hydrogens is 170 g/mol. The Balaban J connectivity index is 1.45. The number of fused-ring (bicyclic) bond motifs is 1. The molecule has 0 spiro atoms. The second kappa shape index (κ2) is 2.98. The highest BCUT2D eigenvalue weighted by atomic mass is 15.0. The lowest BCUT2D eigenvalue weighted by atomic mass is 9.95. The summed E-state index contributed by atoms with van der Waals surface area (Å²) in [5.41, 5.74) is 0.657. The fourth-order valence-electron chi connectivity index (χ4n) is 3.38. The SMILES string of the molecule is CC1(C)CC1CNC1CCCC2CC21. The minimum atomic E-state index is 0.657. The lowest BCUT2D eigenvalue weighted by Gasteiger charge is -2.23. The molecule has 14 heavy (non-hydrogen) atoms. The fraction of sp³-hybridized carbons (Fsp3) is 1.00. The van der Waals surface area contributed by atoms with E-state index in [1.165, 1.54) is 38.6 Å². The van der Waals surface area contributed by atoms with Crippen LogP contribution in [0, 0.1) is 23.2 Å². The third-order valence-electron chi connectivity index (χ3n) is 4.93. The predicted octanol–water partition coefficient (Wildman–Crippen LogP) is 2.81. The van der Waals surface area contributed by atoms with E-state index < -0.39 is 0 Å². The van der Waals surface area contributed by atoms with Crippen LogP contribution < -0.4 is 5.32 Å². The third-order valence-corrected chi connectivity index (χ3v) is 4.93. The zero-order valence-electron chi connectivity index (χ0n) is 9.55. The van der Waals surface area contributed by atoms with Crippen molar-refractivity contribution in [1.29, 1.82) is 0 Å². The van der Waals surface area contributed by atoms with Gasteiger partial charge in [-0.3, -0.25) is 0 Å². The quantitative estimate of drug-likeness (QED) is 0.727. The summed E-state index contributed by atoms with van der Waals surface area (Å²) in [6.07, 6.45) is 7.44. The Morgan fingerprint density at radius 1 is 1.29 bits per heavy atom. The van der Waals surface area contributed by atoms with Crippen LogP contribution in [-0.2, 0) is 0 Å². The third kappa shape index (κ3) is 1.60. The van der Waals surface area contributed by atoms with Gasteiger partial charge in [0.2, 0.25) is 0 Å². The molecule has 4 atom stereocenters.